The van der Waals surface area contributed by atoms with E-state index < -0.39 is 0 Å². The van der Waals surface area contributed by atoms with Gasteiger partial charge >= 0.3 is 0 Å². The Kier molecular flexibility index (Phi) is 3.15. The van der Waals surface area contributed by atoms with Gasteiger partial charge in [-0.3, -0.25) is 0 Å². The van der Waals surface area contributed by atoms with Crippen LogP contribution >= 0.6 is 0 Å². The molecule has 0 aliphatic heterocycles. The summed E-state index contributed by atoms with van der Waals surface area (Å²) in [4.78, 5) is 0. The summed E-state index contributed by atoms with van der Waals surface area (Å²) >= 11 is 0. The third-order valence-corrected chi connectivity index (χ3v) is 4.89. The van der Waals surface area contributed by atoms with Gasteiger partial charge in [0.25, 0.3) is 0 Å². The zero-order valence-corrected chi connectivity index (χ0v) is 10.4. The molecular weight excluding hydrogens is 200 g/mol. The summed E-state index contributed by atoms with van der Waals surface area (Å²) < 4.78 is 0. The largest absolute Gasteiger partial charge is 0.393 e. The maximum Gasteiger partial charge on any atom is 0.0610 e. The first-order valence-electron chi connectivity index (χ1n) is 6.45. The van der Waals surface area contributed by atoms with Gasteiger partial charge in [0.1, 0.15) is 0 Å². The quantitative estimate of drug-likeness (QED) is 0.672. The average molecular weight is 224 g/mol. The highest BCUT2D eigenvalue weighted by Crippen LogP contribution is 2.52. The molecule has 5 atom stereocenters. The Bertz CT molecular complexity index is 286. The first-order valence-corrected chi connectivity index (χ1v) is 6.45. The summed E-state index contributed by atoms with van der Waals surface area (Å²) in [5.74, 6) is 0.539. The summed E-state index contributed by atoms with van der Waals surface area (Å²) in [5.41, 5.74) is 1.20. The van der Waals surface area contributed by atoms with Gasteiger partial charge in [0, 0.05) is 5.92 Å². The number of aliphatic hydroxyl groups excluding tert-OH is 2. The van der Waals surface area contributed by atoms with Gasteiger partial charge in [-0.25, -0.2) is 0 Å². The molecule has 0 radical (unpaired) electrons. The highest BCUT2D eigenvalue weighted by molar-refractivity contribution is 5.08. The molecule has 0 spiro atoms. The van der Waals surface area contributed by atoms with Crippen molar-refractivity contribution in [2.75, 3.05) is 0 Å². The predicted octanol–water partition coefficient (Wildman–Crippen LogP) is 2.50. The van der Waals surface area contributed by atoms with Crippen molar-refractivity contribution in [1.29, 1.82) is 0 Å². The minimum atomic E-state index is -0.260. The summed E-state index contributed by atoms with van der Waals surface area (Å²) in [6.07, 6.45) is 4.48. The standard InChI is InChI=1S/C14H24O2/c1-9(2)10-7-11-12(15)5-4-6-14(11,3)8-13(10)16/h10-13,15-16H,1,4-8H2,2-3H3. The zero-order valence-electron chi connectivity index (χ0n) is 10.4. The van der Waals surface area contributed by atoms with Crippen LogP contribution in [0, 0.1) is 17.3 Å². The van der Waals surface area contributed by atoms with Gasteiger partial charge in [-0.1, -0.05) is 25.5 Å². The van der Waals surface area contributed by atoms with E-state index in [2.05, 4.69) is 13.5 Å². The van der Waals surface area contributed by atoms with Gasteiger partial charge in [-0.05, 0) is 43.9 Å². The topological polar surface area (TPSA) is 40.5 Å². The molecular formula is C14H24O2. The van der Waals surface area contributed by atoms with Crippen LogP contribution in [0.1, 0.15) is 46.0 Å². The molecule has 0 aromatic heterocycles. The van der Waals surface area contributed by atoms with Crippen molar-refractivity contribution in [2.45, 2.75) is 58.2 Å². The molecule has 2 rings (SSSR count). The third-order valence-electron chi connectivity index (χ3n) is 4.89. The summed E-state index contributed by atoms with van der Waals surface area (Å²) in [7, 11) is 0. The maximum absolute atomic E-state index is 10.2. The molecule has 0 heterocycles. The van der Waals surface area contributed by atoms with Crippen molar-refractivity contribution in [1.82, 2.24) is 0 Å². The zero-order chi connectivity index (χ0) is 11.9. The Balaban J connectivity index is 2.19. The molecule has 0 bridgehead atoms. The average Bonchev–Trinajstić information content (AvgIpc) is 2.15. The summed E-state index contributed by atoms with van der Waals surface area (Å²) in [6.45, 7) is 8.20. The van der Waals surface area contributed by atoms with Crippen LogP contribution in [-0.4, -0.2) is 22.4 Å². The van der Waals surface area contributed by atoms with Gasteiger partial charge in [0.2, 0.25) is 0 Å². The molecule has 2 aliphatic carbocycles. The normalized spacial score (nSPS) is 48.5. The van der Waals surface area contributed by atoms with E-state index in [-0.39, 0.29) is 23.5 Å². The Hall–Kier alpha value is -0.340. The second-order valence-corrected chi connectivity index (χ2v) is 6.18. The lowest BCUT2D eigenvalue weighted by atomic mass is 9.56. The van der Waals surface area contributed by atoms with E-state index in [4.69, 9.17) is 0 Å². The maximum atomic E-state index is 10.2. The van der Waals surface area contributed by atoms with Crippen molar-refractivity contribution in [3.05, 3.63) is 12.2 Å². The molecule has 16 heavy (non-hydrogen) atoms. The molecule has 92 valence electrons. The molecule has 5 unspecified atom stereocenters. The van der Waals surface area contributed by atoms with Crippen LogP contribution < -0.4 is 0 Å². The van der Waals surface area contributed by atoms with E-state index in [0.717, 1.165) is 37.7 Å². The highest BCUT2D eigenvalue weighted by atomic mass is 16.3. The first-order chi connectivity index (χ1) is 7.44. The fourth-order valence-electron chi connectivity index (χ4n) is 3.84. The molecule has 2 saturated carbocycles. The molecule has 2 fully saturated rings. The molecule has 0 aromatic rings. The number of hydrogen-bond acceptors (Lipinski definition) is 2. The Labute approximate surface area is 98.4 Å². The predicted molar refractivity (Wildman–Crippen MR) is 65.0 cm³/mol. The van der Waals surface area contributed by atoms with E-state index in [9.17, 15) is 10.2 Å². The molecule has 0 aromatic carbocycles. The van der Waals surface area contributed by atoms with E-state index in [1.165, 1.54) is 0 Å². The lowest BCUT2D eigenvalue weighted by Gasteiger charge is -2.51. The van der Waals surface area contributed by atoms with Crippen molar-refractivity contribution in [3.63, 3.8) is 0 Å². The van der Waals surface area contributed by atoms with Gasteiger partial charge in [-0.15, -0.1) is 0 Å². The van der Waals surface area contributed by atoms with Crippen molar-refractivity contribution < 1.29 is 10.2 Å². The summed E-state index contributed by atoms with van der Waals surface area (Å²) in [5, 5.41) is 20.3. The molecule has 2 heteroatoms. The molecule has 0 amide bonds. The van der Waals surface area contributed by atoms with Crippen molar-refractivity contribution in [3.8, 4) is 0 Å². The fraction of sp³-hybridized carbons (Fsp3) is 0.857. The van der Waals surface area contributed by atoms with Gasteiger partial charge < -0.3 is 10.2 Å². The van der Waals surface area contributed by atoms with E-state index in [1.54, 1.807) is 0 Å². The van der Waals surface area contributed by atoms with Crippen molar-refractivity contribution >= 4 is 0 Å². The van der Waals surface area contributed by atoms with E-state index in [0.29, 0.717) is 5.92 Å². The molecule has 2 nitrogen and oxygen atoms in total. The molecule has 0 saturated heterocycles. The third kappa shape index (κ3) is 1.93. The Morgan fingerprint density at radius 2 is 2.00 bits per heavy atom. The minimum absolute atomic E-state index is 0.142. The Morgan fingerprint density at radius 1 is 1.31 bits per heavy atom. The fourth-order valence-corrected chi connectivity index (χ4v) is 3.84. The second kappa shape index (κ2) is 4.15. The number of rotatable bonds is 1. The minimum Gasteiger partial charge on any atom is -0.393 e. The highest BCUT2D eigenvalue weighted by Gasteiger charge is 2.48. The van der Waals surface area contributed by atoms with Gasteiger partial charge in [0.15, 0.2) is 0 Å². The van der Waals surface area contributed by atoms with E-state index >= 15 is 0 Å². The lowest BCUT2D eigenvalue weighted by Crippen LogP contribution is -2.49. The van der Waals surface area contributed by atoms with Crippen LogP contribution in [0.5, 0.6) is 0 Å². The van der Waals surface area contributed by atoms with Gasteiger partial charge in [0.05, 0.1) is 12.2 Å². The number of hydrogen-bond donors (Lipinski definition) is 2. The van der Waals surface area contributed by atoms with Crippen LogP contribution in [0.2, 0.25) is 0 Å². The van der Waals surface area contributed by atoms with E-state index in [1.807, 2.05) is 6.92 Å². The van der Waals surface area contributed by atoms with Crippen LogP contribution in [0.25, 0.3) is 0 Å². The monoisotopic (exact) mass is 224 g/mol. The van der Waals surface area contributed by atoms with Crippen LogP contribution in [0.15, 0.2) is 12.2 Å². The SMILES string of the molecule is C=C(C)C1CC2C(O)CCCC2(C)CC1O. The van der Waals surface area contributed by atoms with Crippen LogP contribution in [-0.2, 0) is 0 Å². The summed E-state index contributed by atoms with van der Waals surface area (Å²) in [6, 6.07) is 0. The van der Waals surface area contributed by atoms with Crippen LogP contribution in [0.4, 0.5) is 0 Å². The van der Waals surface area contributed by atoms with Crippen molar-refractivity contribution in [2.24, 2.45) is 17.3 Å². The first kappa shape index (κ1) is 12.1. The lowest BCUT2D eigenvalue weighted by molar-refractivity contribution is -0.0950. The number of aliphatic hydroxyl groups is 2. The van der Waals surface area contributed by atoms with Gasteiger partial charge in [-0.2, -0.15) is 0 Å². The molecule has 2 aliphatic rings. The second-order valence-electron chi connectivity index (χ2n) is 6.18. The smallest absolute Gasteiger partial charge is 0.0610 e. The molecule has 2 N–H and O–H groups in total. The van der Waals surface area contributed by atoms with Crippen LogP contribution in [0.3, 0.4) is 0 Å². The Morgan fingerprint density at radius 3 is 2.62 bits per heavy atom. The number of fused-ring (bicyclic) bond motifs is 1.